The van der Waals surface area contributed by atoms with Gasteiger partial charge in [0.2, 0.25) is 5.91 Å². The van der Waals surface area contributed by atoms with Crippen LogP contribution >= 0.6 is 0 Å². The van der Waals surface area contributed by atoms with Crippen LogP contribution in [0.1, 0.15) is 155 Å². The zero-order chi connectivity index (χ0) is 32.1. The second kappa shape index (κ2) is 29.0. The lowest BCUT2D eigenvalue weighted by Crippen LogP contribution is -2.41. The molecule has 0 heterocycles. The van der Waals surface area contributed by atoms with Crippen LogP contribution in [-0.2, 0) is 23.9 Å². The fourth-order valence-electron chi connectivity index (χ4n) is 5.59. The van der Waals surface area contributed by atoms with E-state index in [1.807, 2.05) is 14.1 Å². The Kier molecular flexibility index (Phi) is 27.9. The molecule has 43 heavy (non-hydrogen) atoms. The molecule has 0 radical (unpaired) electrons. The third-order valence-electron chi connectivity index (χ3n) is 8.19. The van der Waals surface area contributed by atoms with Crippen LogP contribution in [0.25, 0.3) is 0 Å². The van der Waals surface area contributed by atoms with Gasteiger partial charge in [-0.15, -0.1) is 0 Å². The number of hydrogen-bond donors (Lipinski definition) is 0. The van der Waals surface area contributed by atoms with Gasteiger partial charge in [0.25, 0.3) is 0 Å². The molecule has 0 aromatic rings. The topological polar surface area (TPSA) is 76.1 Å². The summed E-state index contributed by atoms with van der Waals surface area (Å²) in [4.78, 5) is 40.8. The number of carbonyl (C=O) groups is 3. The summed E-state index contributed by atoms with van der Waals surface area (Å²) in [5, 5.41) is 0. The van der Waals surface area contributed by atoms with Crippen LogP contribution < -0.4 is 0 Å². The van der Waals surface area contributed by atoms with Gasteiger partial charge in [-0.25, -0.2) is 9.18 Å². The van der Waals surface area contributed by atoms with Gasteiger partial charge in [-0.1, -0.05) is 90.4 Å². The van der Waals surface area contributed by atoms with Crippen LogP contribution in [0.4, 0.5) is 4.39 Å². The Balaban J connectivity index is 5.04. The molecule has 0 fully saturated rings. The van der Waals surface area contributed by atoms with Crippen molar-refractivity contribution < 1.29 is 28.2 Å². The lowest BCUT2D eigenvalue weighted by molar-refractivity contribution is -0.149. The number of esters is 2. The molecule has 0 N–H and O–H groups in total. The summed E-state index contributed by atoms with van der Waals surface area (Å²) >= 11 is 0. The molecule has 0 aromatic heterocycles. The van der Waals surface area contributed by atoms with Crippen molar-refractivity contribution in [2.75, 3.05) is 40.9 Å². The van der Waals surface area contributed by atoms with Crippen LogP contribution in [0.3, 0.4) is 0 Å². The molecule has 0 rings (SSSR count). The first-order chi connectivity index (χ1) is 20.8. The summed E-state index contributed by atoms with van der Waals surface area (Å²) in [5.41, 5.74) is 0. The molecule has 0 saturated heterocycles. The van der Waals surface area contributed by atoms with E-state index in [0.29, 0.717) is 19.3 Å². The molecule has 0 aromatic carbocycles. The molecule has 2 unspecified atom stereocenters. The highest BCUT2D eigenvalue weighted by Gasteiger charge is 2.23. The van der Waals surface area contributed by atoms with Gasteiger partial charge in [0.05, 0.1) is 13.7 Å². The summed E-state index contributed by atoms with van der Waals surface area (Å²) in [6, 6.07) is 0.246. The molecule has 0 spiro atoms. The van der Waals surface area contributed by atoms with E-state index in [9.17, 15) is 18.8 Å². The third-order valence-corrected chi connectivity index (χ3v) is 8.19. The van der Waals surface area contributed by atoms with Crippen molar-refractivity contribution in [3.05, 3.63) is 0 Å². The second-order valence-electron chi connectivity index (χ2n) is 12.4. The molecule has 0 saturated carbocycles. The highest BCUT2D eigenvalue weighted by atomic mass is 19.1. The number of carbonyl (C=O) groups excluding carboxylic acids is 3. The first-order valence-corrected chi connectivity index (χ1v) is 17.6. The predicted octanol–water partition coefficient (Wildman–Crippen LogP) is 8.42. The van der Waals surface area contributed by atoms with Crippen molar-refractivity contribution >= 4 is 17.8 Å². The minimum absolute atomic E-state index is 0.147. The monoisotopic (exact) mass is 615 g/mol. The largest absolute Gasteiger partial charge is 0.469 e. The van der Waals surface area contributed by atoms with Gasteiger partial charge in [0.15, 0.2) is 6.17 Å². The van der Waals surface area contributed by atoms with Crippen molar-refractivity contribution in [3.8, 4) is 0 Å². The van der Waals surface area contributed by atoms with E-state index < -0.39 is 12.1 Å². The fraction of sp³-hybridized carbons (Fsp3) is 0.914. The molecule has 2 atom stereocenters. The molecule has 0 aliphatic rings. The molecule has 0 bridgehead atoms. The maximum atomic E-state index is 14.0. The number of amides is 1. The van der Waals surface area contributed by atoms with Crippen molar-refractivity contribution in [2.24, 2.45) is 0 Å². The van der Waals surface area contributed by atoms with Gasteiger partial charge >= 0.3 is 11.9 Å². The number of unbranched alkanes of at least 4 members (excludes halogenated alkanes) is 13. The highest BCUT2D eigenvalue weighted by molar-refractivity contribution is 5.76. The Labute approximate surface area is 264 Å². The van der Waals surface area contributed by atoms with Crippen LogP contribution in [0.2, 0.25) is 0 Å². The van der Waals surface area contributed by atoms with Crippen molar-refractivity contribution in [1.82, 2.24) is 9.80 Å². The number of halogens is 1. The van der Waals surface area contributed by atoms with Gasteiger partial charge in [-0.2, -0.15) is 0 Å². The number of methoxy groups -OCH3 is 1. The maximum absolute atomic E-state index is 14.0. The summed E-state index contributed by atoms with van der Waals surface area (Å²) in [5.74, 6) is -0.620. The standard InChI is InChI=1S/C35H67FN2O5/c1-6-8-9-10-11-13-18-24-31(25-19-15-16-20-26-32(36)35(41)43-7-2)38(33(39)27-23-29-37(3)4)30-22-17-12-14-21-28-34(40)42-5/h31-32H,6-30H2,1-5H3. The van der Waals surface area contributed by atoms with Crippen LogP contribution in [-0.4, -0.2) is 80.8 Å². The first-order valence-electron chi connectivity index (χ1n) is 17.6. The molecule has 254 valence electrons. The SMILES string of the molecule is CCCCCCCCCC(CCCCCCC(F)C(=O)OCC)N(CCCCCCCC(=O)OC)C(=O)CCCN(C)C. The summed E-state index contributed by atoms with van der Waals surface area (Å²) in [7, 11) is 5.52. The van der Waals surface area contributed by atoms with Gasteiger partial charge in [-0.05, 0) is 72.5 Å². The van der Waals surface area contributed by atoms with Crippen molar-refractivity contribution in [1.29, 1.82) is 0 Å². The van der Waals surface area contributed by atoms with E-state index >= 15 is 0 Å². The first kappa shape index (κ1) is 41.3. The maximum Gasteiger partial charge on any atom is 0.340 e. The quantitative estimate of drug-likeness (QED) is 0.0597. The van der Waals surface area contributed by atoms with E-state index in [0.717, 1.165) is 90.1 Å². The number of alkyl halides is 1. The molecule has 1 amide bonds. The van der Waals surface area contributed by atoms with Gasteiger partial charge in [-0.3, -0.25) is 9.59 Å². The summed E-state index contributed by atoms with van der Waals surface area (Å²) in [6.07, 6.45) is 19.9. The molecular formula is C35H67FN2O5. The lowest BCUT2D eigenvalue weighted by Gasteiger charge is -2.33. The van der Waals surface area contributed by atoms with Gasteiger partial charge in [0, 0.05) is 25.4 Å². The number of ether oxygens (including phenoxy) is 2. The number of rotatable bonds is 30. The molecule has 0 aliphatic carbocycles. The van der Waals surface area contributed by atoms with E-state index in [-0.39, 0.29) is 30.9 Å². The van der Waals surface area contributed by atoms with Gasteiger partial charge in [0.1, 0.15) is 0 Å². The van der Waals surface area contributed by atoms with E-state index in [1.54, 1.807) is 6.92 Å². The minimum atomic E-state index is -1.53. The Morgan fingerprint density at radius 1 is 0.651 bits per heavy atom. The zero-order valence-electron chi connectivity index (χ0n) is 28.6. The minimum Gasteiger partial charge on any atom is -0.469 e. The molecule has 0 aliphatic heterocycles. The summed E-state index contributed by atoms with van der Waals surface area (Å²) < 4.78 is 23.5. The molecule has 7 nitrogen and oxygen atoms in total. The number of nitrogens with zero attached hydrogens (tertiary/aromatic N) is 2. The second-order valence-corrected chi connectivity index (χ2v) is 12.4. The average molecular weight is 615 g/mol. The van der Waals surface area contributed by atoms with Crippen LogP contribution in [0.5, 0.6) is 0 Å². The average Bonchev–Trinajstić information content (AvgIpc) is 2.98. The molecular weight excluding hydrogens is 547 g/mol. The normalized spacial score (nSPS) is 12.7. The van der Waals surface area contributed by atoms with E-state index in [4.69, 9.17) is 9.47 Å². The Bertz CT molecular complexity index is 691. The Hall–Kier alpha value is -1.70. The van der Waals surface area contributed by atoms with Crippen molar-refractivity contribution in [3.63, 3.8) is 0 Å². The predicted molar refractivity (Wildman–Crippen MR) is 175 cm³/mol. The van der Waals surface area contributed by atoms with E-state index in [2.05, 4.69) is 16.7 Å². The van der Waals surface area contributed by atoms with Crippen molar-refractivity contribution in [2.45, 2.75) is 167 Å². The zero-order valence-corrected chi connectivity index (χ0v) is 28.6. The summed E-state index contributed by atoms with van der Waals surface area (Å²) in [6.45, 7) is 5.84. The Morgan fingerprint density at radius 3 is 1.74 bits per heavy atom. The number of hydrogen-bond acceptors (Lipinski definition) is 6. The van der Waals surface area contributed by atoms with Crippen LogP contribution in [0, 0.1) is 0 Å². The molecule has 8 heteroatoms. The van der Waals surface area contributed by atoms with Crippen LogP contribution in [0.15, 0.2) is 0 Å². The highest BCUT2D eigenvalue weighted by Crippen LogP contribution is 2.22. The Morgan fingerprint density at radius 2 is 1.19 bits per heavy atom. The fourth-order valence-corrected chi connectivity index (χ4v) is 5.59. The smallest absolute Gasteiger partial charge is 0.340 e. The van der Waals surface area contributed by atoms with Gasteiger partial charge < -0.3 is 19.3 Å². The van der Waals surface area contributed by atoms with E-state index in [1.165, 1.54) is 45.6 Å². The lowest BCUT2D eigenvalue weighted by atomic mass is 9.97. The third kappa shape index (κ3) is 24.3.